The van der Waals surface area contributed by atoms with E-state index in [1.165, 1.54) is 0 Å². The summed E-state index contributed by atoms with van der Waals surface area (Å²) in [6.45, 7) is 4.44. The maximum absolute atomic E-state index is 12.8. The van der Waals surface area contributed by atoms with Crippen molar-refractivity contribution in [2.75, 3.05) is 0 Å². The van der Waals surface area contributed by atoms with Gasteiger partial charge in [0.15, 0.2) is 5.65 Å². The molecule has 2 aromatic heterocycles. The molecule has 26 heavy (non-hydrogen) atoms. The van der Waals surface area contributed by atoms with Gasteiger partial charge in [-0.1, -0.05) is 35.9 Å². The lowest BCUT2D eigenvalue weighted by Gasteiger charge is -2.08. The molecule has 0 radical (unpaired) electrons. The summed E-state index contributed by atoms with van der Waals surface area (Å²) in [5, 5.41) is 5.50. The SMILES string of the molecule is Cc1cc(C)cc(-n2ncc3c(=O)n(Cc4ccccc4Cl)cnc32)c1. The van der Waals surface area contributed by atoms with Crippen LogP contribution in [0.2, 0.25) is 5.02 Å². The van der Waals surface area contributed by atoms with Crippen LogP contribution in [0.25, 0.3) is 16.7 Å². The van der Waals surface area contributed by atoms with Crippen LogP contribution in [-0.2, 0) is 6.54 Å². The number of benzene rings is 2. The minimum absolute atomic E-state index is 0.134. The Labute approximate surface area is 155 Å². The summed E-state index contributed by atoms with van der Waals surface area (Å²) in [7, 11) is 0. The molecule has 0 bridgehead atoms. The van der Waals surface area contributed by atoms with Gasteiger partial charge >= 0.3 is 0 Å². The van der Waals surface area contributed by atoms with Crippen molar-refractivity contribution in [1.82, 2.24) is 19.3 Å². The molecule has 0 N–H and O–H groups in total. The van der Waals surface area contributed by atoms with E-state index < -0.39 is 0 Å². The summed E-state index contributed by atoms with van der Waals surface area (Å²) >= 11 is 6.21. The Bertz CT molecular complexity index is 1160. The highest BCUT2D eigenvalue weighted by Gasteiger charge is 2.12. The van der Waals surface area contributed by atoms with Crippen molar-refractivity contribution in [3.05, 3.63) is 87.1 Å². The molecule has 0 unspecified atom stereocenters. The normalized spacial score (nSPS) is 11.2. The van der Waals surface area contributed by atoms with Gasteiger partial charge in [0.1, 0.15) is 11.7 Å². The zero-order valence-electron chi connectivity index (χ0n) is 14.5. The molecule has 6 heteroatoms. The summed E-state index contributed by atoms with van der Waals surface area (Å²) in [5.41, 5.74) is 4.46. The lowest BCUT2D eigenvalue weighted by Crippen LogP contribution is -2.21. The Morgan fingerprint density at radius 3 is 2.54 bits per heavy atom. The Kier molecular flexibility index (Phi) is 4.09. The number of halogens is 1. The predicted molar refractivity (Wildman–Crippen MR) is 103 cm³/mol. The molecule has 0 aliphatic carbocycles. The van der Waals surface area contributed by atoms with Gasteiger partial charge in [0.25, 0.3) is 5.56 Å². The largest absolute Gasteiger partial charge is 0.294 e. The van der Waals surface area contributed by atoms with Crippen LogP contribution < -0.4 is 5.56 Å². The molecule has 0 saturated heterocycles. The van der Waals surface area contributed by atoms with E-state index in [-0.39, 0.29) is 5.56 Å². The third kappa shape index (κ3) is 2.91. The molecule has 130 valence electrons. The molecule has 0 saturated carbocycles. The first-order chi connectivity index (χ1) is 12.5. The molecule has 4 aromatic rings. The van der Waals surface area contributed by atoms with Gasteiger partial charge in [0.05, 0.1) is 18.4 Å². The highest BCUT2D eigenvalue weighted by molar-refractivity contribution is 6.31. The van der Waals surface area contributed by atoms with Gasteiger partial charge in [0.2, 0.25) is 0 Å². The monoisotopic (exact) mass is 364 g/mol. The fourth-order valence-electron chi connectivity index (χ4n) is 3.13. The van der Waals surface area contributed by atoms with Crippen molar-refractivity contribution >= 4 is 22.6 Å². The predicted octanol–water partition coefficient (Wildman–Crippen LogP) is 3.90. The van der Waals surface area contributed by atoms with Crippen LogP contribution in [0.15, 0.2) is 59.8 Å². The standard InChI is InChI=1S/C20H17ClN4O/c1-13-7-14(2)9-16(8-13)25-19-17(10-23-25)20(26)24(12-22-19)11-15-5-3-4-6-18(15)21/h3-10,12H,11H2,1-2H3. The Morgan fingerprint density at radius 2 is 1.81 bits per heavy atom. The van der Waals surface area contributed by atoms with E-state index in [1.807, 2.05) is 50.2 Å². The number of aryl methyl sites for hydroxylation is 2. The number of fused-ring (bicyclic) bond motifs is 1. The van der Waals surface area contributed by atoms with E-state index in [4.69, 9.17) is 11.6 Å². The van der Waals surface area contributed by atoms with Gasteiger partial charge in [-0.3, -0.25) is 9.36 Å². The highest BCUT2D eigenvalue weighted by Crippen LogP contribution is 2.18. The van der Waals surface area contributed by atoms with E-state index >= 15 is 0 Å². The molecular weight excluding hydrogens is 348 g/mol. The molecule has 2 heterocycles. The molecule has 0 aliphatic rings. The van der Waals surface area contributed by atoms with Crippen molar-refractivity contribution in [1.29, 1.82) is 0 Å². The first-order valence-electron chi connectivity index (χ1n) is 8.28. The van der Waals surface area contributed by atoms with Crippen molar-refractivity contribution in [2.24, 2.45) is 0 Å². The highest BCUT2D eigenvalue weighted by atomic mass is 35.5. The van der Waals surface area contributed by atoms with E-state index in [0.29, 0.717) is 22.6 Å². The smallest absolute Gasteiger partial charge is 0.264 e. The third-order valence-electron chi connectivity index (χ3n) is 4.30. The molecule has 4 rings (SSSR count). The Balaban J connectivity index is 1.81. The number of rotatable bonds is 3. The quantitative estimate of drug-likeness (QED) is 0.554. The van der Waals surface area contributed by atoms with Gasteiger partial charge in [-0.05, 0) is 48.7 Å². The van der Waals surface area contributed by atoms with Gasteiger partial charge in [-0.15, -0.1) is 0 Å². The van der Waals surface area contributed by atoms with Crippen LogP contribution in [0.1, 0.15) is 16.7 Å². The van der Waals surface area contributed by atoms with E-state index in [2.05, 4.69) is 16.1 Å². The van der Waals surface area contributed by atoms with E-state index in [0.717, 1.165) is 22.4 Å². The van der Waals surface area contributed by atoms with Gasteiger partial charge in [-0.25, -0.2) is 9.67 Å². The third-order valence-corrected chi connectivity index (χ3v) is 4.67. The summed E-state index contributed by atoms with van der Waals surface area (Å²) in [5.74, 6) is 0. The van der Waals surface area contributed by atoms with Crippen molar-refractivity contribution in [3.8, 4) is 5.69 Å². The van der Waals surface area contributed by atoms with Crippen molar-refractivity contribution in [2.45, 2.75) is 20.4 Å². The maximum atomic E-state index is 12.8. The second kappa shape index (κ2) is 6.42. The second-order valence-corrected chi connectivity index (χ2v) is 6.82. The topological polar surface area (TPSA) is 52.7 Å². The molecule has 0 amide bonds. The average molecular weight is 365 g/mol. The zero-order valence-corrected chi connectivity index (χ0v) is 15.2. The molecule has 2 aromatic carbocycles. The van der Waals surface area contributed by atoms with Crippen LogP contribution in [0.3, 0.4) is 0 Å². The lowest BCUT2D eigenvalue weighted by atomic mass is 10.1. The summed E-state index contributed by atoms with van der Waals surface area (Å²) in [6, 6.07) is 13.6. The second-order valence-electron chi connectivity index (χ2n) is 6.41. The van der Waals surface area contributed by atoms with E-state index in [9.17, 15) is 4.79 Å². The van der Waals surface area contributed by atoms with Crippen LogP contribution >= 0.6 is 11.6 Å². The molecule has 0 fully saturated rings. The minimum atomic E-state index is -0.134. The summed E-state index contributed by atoms with van der Waals surface area (Å²) in [4.78, 5) is 17.3. The van der Waals surface area contributed by atoms with Gasteiger partial charge in [-0.2, -0.15) is 5.10 Å². The van der Waals surface area contributed by atoms with Crippen LogP contribution in [0.4, 0.5) is 0 Å². The number of aromatic nitrogens is 4. The first kappa shape index (κ1) is 16.5. The summed E-state index contributed by atoms with van der Waals surface area (Å²) < 4.78 is 3.26. The Morgan fingerprint density at radius 1 is 1.08 bits per heavy atom. The molecule has 0 spiro atoms. The molecular formula is C20H17ClN4O. The number of nitrogens with zero attached hydrogens (tertiary/aromatic N) is 4. The average Bonchev–Trinajstić information content (AvgIpc) is 3.03. The fraction of sp³-hybridized carbons (Fsp3) is 0.150. The molecule has 5 nitrogen and oxygen atoms in total. The number of hydrogen-bond acceptors (Lipinski definition) is 3. The summed E-state index contributed by atoms with van der Waals surface area (Å²) in [6.07, 6.45) is 3.13. The van der Waals surface area contributed by atoms with Crippen LogP contribution in [-0.4, -0.2) is 19.3 Å². The van der Waals surface area contributed by atoms with Crippen LogP contribution in [0, 0.1) is 13.8 Å². The lowest BCUT2D eigenvalue weighted by molar-refractivity contribution is 0.745. The van der Waals surface area contributed by atoms with Crippen LogP contribution in [0.5, 0.6) is 0 Å². The first-order valence-corrected chi connectivity index (χ1v) is 8.66. The van der Waals surface area contributed by atoms with Gasteiger partial charge < -0.3 is 0 Å². The van der Waals surface area contributed by atoms with Crippen molar-refractivity contribution < 1.29 is 0 Å². The molecule has 0 atom stereocenters. The minimum Gasteiger partial charge on any atom is -0.294 e. The maximum Gasteiger partial charge on any atom is 0.264 e. The van der Waals surface area contributed by atoms with Gasteiger partial charge in [0, 0.05) is 5.02 Å². The van der Waals surface area contributed by atoms with Crippen molar-refractivity contribution in [3.63, 3.8) is 0 Å². The number of hydrogen-bond donors (Lipinski definition) is 0. The molecule has 0 aliphatic heterocycles. The van der Waals surface area contributed by atoms with E-state index in [1.54, 1.807) is 21.8 Å². The Hall–Kier alpha value is -2.92. The zero-order chi connectivity index (χ0) is 18.3. The fourth-order valence-corrected chi connectivity index (χ4v) is 3.33.